The van der Waals surface area contributed by atoms with E-state index in [2.05, 4.69) is 40.6 Å². The molecule has 2 aliphatic heterocycles. The molecule has 2 aliphatic rings. The molecular formula is C31H29N5O2. The van der Waals surface area contributed by atoms with Gasteiger partial charge in [0.05, 0.1) is 40.2 Å². The Balaban J connectivity index is 1.28. The van der Waals surface area contributed by atoms with Gasteiger partial charge < -0.3 is 15.8 Å². The maximum Gasteiger partial charge on any atom is 0.250 e. The number of carbonyl (C=O) groups excluding carboxylic acids is 1. The van der Waals surface area contributed by atoms with Gasteiger partial charge in [0.2, 0.25) is 0 Å². The van der Waals surface area contributed by atoms with Crippen molar-refractivity contribution in [1.82, 2.24) is 14.8 Å². The van der Waals surface area contributed by atoms with Crippen molar-refractivity contribution in [2.75, 3.05) is 11.9 Å². The summed E-state index contributed by atoms with van der Waals surface area (Å²) in [5, 5.41) is 10.6. The topological polar surface area (TPSA) is 95.1 Å². The second-order valence-electron chi connectivity index (χ2n) is 10.5. The van der Waals surface area contributed by atoms with Crippen molar-refractivity contribution in [3.8, 4) is 16.8 Å². The molecule has 0 radical (unpaired) electrons. The van der Waals surface area contributed by atoms with Crippen LogP contribution in [0.1, 0.15) is 35.3 Å². The van der Waals surface area contributed by atoms with E-state index in [-0.39, 0.29) is 0 Å². The summed E-state index contributed by atoms with van der Waals surface area (Å²) >= 11 is 0. The molecule has 2 bridgehead atoms. The summed E-state index contributed by atoms with van der Waals surface area (Å²) in [6, 6.07) is 22.2. The first-order valence-corrected chi connectivity index (χ1v) is 13.2. The highest BCUT2D eigenvalue weighted by Gasteiger charge is 2.40. The monoisotopic (exact) mass is 503 g/mol. The molecule has 3 aromatic carbocycles. The molecule has 0 unspecified atom stereocenters. The Morgan fingerprint density at radius 3 is 2.82 bits per heavy atom. The molecule has 7 rings (SSSR count). The number of hydrogen-bond acceptors (Lipinski definition) is 5. The van der Waals surface area contributed by atoms with Gasteiger partial charge in [-0.15, -0.1) is 0 Å². The van der Waals surface area contributed by atoms with Crippen LogP contribution in [0, 0.1) is 12.8 Å². The van der Waals surface area contributed by atoms with Gasteiger partial charge in [0.1, 0.15) is 0 Å². The third-order valence-electron chi connectivity index (χ3n) is 8.08. The van der Waals surface area contributed by atoms with Crippen molar-refractivity contribution in [3.63, 3.8) is 0 Å². The molecule has 7 heteroatoms. The Morgan fingerprint density at radius 1 is 1.11 bits per heavy atom. The van der Waals surface area contributed by atoms with Crippen LogP contribution in [-0.4, -0.2) is 39.4 Å². The first-order chi connectivity index (χ1) is 18.5. The lowest BCUT2D eigenvalue weighted by atomic mass is 9.89. The maximum absolute atomic E-state index is 12.2. The van der Waals surface area contributed by atoms with E-state index in [0.29, 0.717) is 23.7 Å². The zero-order chi connectivity index (χ0) is 25.8. The van der Waals surface area contributed by atoms with Crippen LogP contribution in [0.3, 0.4) is 0 Å². The molecule has 4 heterocycles. The number of carbonyl (C=O) groups is 1. The molecule has 7 nitrogen and oxygen atoms in total. The van der Waals surface area contributed by atoms with Crippen LogP contribution in [0.2, 0.25) is 0 Å². The second kappa shape index (κ2) is 8.96. The summed E-state index contributed by atoms with van der Waals surface area (Å²) in [7, 11) is 0. The molecule has 2 fully saturated rings. The summed E-state index contributed by atoms with van der Waals surface area (Å²) in [5.41, 5.74) is 12.9. The van der Waals surface area contributed by atoms with Crippen LogP contribution in [0.25, 0.3) is 38.6 Å². The minimum atomic E-state index is -0.448. The van der Waals surface area contributed by atoms with Crippen LogP contribution >= 0.6 is 0 Å². The first kappa shape index (κ1) is 22.9. The molecule has 38 heavy (non-hydrogen) atoms. The second-order valence-corrected chi connectivity index (χ2v) is 10.5. The van der Waals surface area contributed by atoms with Crippen LogP contribution in [0.15, 0.2) is 72.9 Å². The summed E-state index contributed by atoms with van der Waals surface area (Å²) in [4.78, 5) is 16.9. The lowest BCUT2D eigenvalue weighted by Gasteiger charge is -2.21. The number of aryl methyl sites for hydroxylation is 1. The van der Waals surface area contributed by atoms with Crippen molar-refractivity contribution in [1.29, 1.82) is 0 Å². The SMILES string of the molecule is Cc1nn(-c2ccc(C(N)=O)c(NC[C@@H]3C[C@H]4CC[C@@H]3O4)c2)c2cccc(-c3cnc4ccccc4c3)c12. The zero-order valence-electron chi connectivity index (χ0n) is 21.2. The van der Waals surface area contributed by atoms with E-state index < -0.39 is 5.91 Å². The highest BCUT2D eigenvalue weighted by atomic mass is 16.5. The summed E-state index contributed by atoms with van der Waals surface area (Å²) in [6.45, 7) is 2.78. The molecule has 0 saturated carbocycles. The number of ether oxygens (including phenoxy) is 1. The summed E-state index contributed by atoms with van der Waals surface area (Å²) in [6.07, 6.45) is 5.97. The van der Waals surface area contributed by atoms with E-state index in [4.69, 9.17) is 15.6 Å². The van der Waals surface area contributed by atoms with Gasteiger partial charge in [-0.3, -0.25) is 9.78 Å². The molecule has 0 spiro atoms. The Kier molecular flexibility index (Phi) is 5.40. The number of aromatic nitrogens is 3. The van der Waals surface area contributed by atoms with Crippen molar-refractivity contribution in [2.45, 2.75) is 38.4 Å². The van der Waals surface area contributed by atoms with Gasteiger partial charge in [0, 0.05) is 40.7 Å². The highest BCUT2D eigenvalue weighted by Crippen LogP contribution is 2.39. The van der Waals surface area contributed by atoms with E-state index in [9.17, 15) is 4.79 Å². The standard InChI is InChI=1S/C31H29N5O2/c1-18-30-24(20-13-19-5-2-3-7-26(19)33-16-20)6-4-8-28(30)36(35-18)22-9-11-25(31(32)37)27(15-22)34-17-21-14-23-10-12-29(21)38-23/h2-9,11,13,15-16,21,23,29,34H,10,12,14,17H2,1H3,(H2,32,37)/t21-,23+,29-/m0/s1. The van der Waals surface area contributed by atoms with E-state index >= 15 is 0 Å². The van der Waals surface area contributed by atoms with Crippen LogP contribution in [0.5, 0.6) is 0 Å². The number of nitrogens with zero attached hydrogens (tertiary/aromatic N) is 3. The average Bonchev–Trinajstić information content (AvgIpc) is 3.66. The third-order valence-corrected chi connectivity index (χ3v) is 8.08. The predicted octanol–water partition coefficient (Wildman–Crippen LogP) is 5.63. The van der Waals surface area contributed by atoms with E-state index in [0.717, 1.165) is 75.8 Å². The van der Waals surface area contributed by atoms with Gasteiger partial charge >= 0.3 is 0 Å². The van der Waals surface area contributed by atoms with E-state index in [1.165, 1.54) is 0 Å². The number of primary amides is 1. The fourth-order valence-corrected chi connectivity index (χ4v) is 6.23. The molecule has 190 valence electrons. The number of para-hydroxylation sites is 1. The Hall–Kier alpha value is -4.23. The number of fused-ring (bicyclic) bond motifs is 4. The highest BCUT2D eigenvalue weighted by molar-refractivity contribution is 6.00. The molecular weight excluding hydrogens is 474 g/mol. The first-order valence-electron chi connectivity index (χ1n) is 13.2. The molecule has 2 aromatic heterocycles. The number of anilines is 1. The molecule has 3 atom stereocenters. The quantitative estimate of drug-likeness (QED) is 0.313. The van der Waals surface area contributed by atoms with Crippen LogP contribution in [0.4, 0.5) is 5.69 Å². The third kappa shape index (κ3) is 3.82. The van der Waals surface area contributed by atoms with Gasteiger partial charge in [-0.05, 0) is 68.1 Å². The van der Waals surface area contributed by atoms with Crippen molar-refractivity contribution >= 4 is 33.4 Å². The van der Waals surface area contributed by atoms with Crippen LogP contribution in [-0.2, 0) is 4.74 Å². The predicted molar refractivity (Wildman–Crippen MR) is 150 cm³/mol. The number of nitrogens with two attached hydrogens (primary N) is 1. The Morgan fingerprint density at radius 2 is 2.00 bits per heavy atom. The fourth-order valence-electron chi connectivity index (χ4n) is 6.23. The van der Waals surface area contributed by atoms with Gasteiger partial charge in [-0.1, -0.05) is 30.3 Å². The van der Waals surface area contributed by atoms with Crippen LogP contribution < -0.4 is 11.1 Å². The van der Waals surface area contributed by atoms with Gasteiger partial charge in [-0.25, -0.2) is 4.68 Å². The van der Waals surface area contributed by atoms with E-state index in [1.54, 1.807) is 6.07 Å². The lowest BCUT2D eigenvalue weighted by Crippen LogP contribution is -2.25. The smallest absolute Gasteiger partial charge is 0.250 e. The van der Waals surface area contributed by atoms with Crippen molar-refractivity contribution in [3.05, 3.63) is 84.2 Å². The van der Waals surface area contributed by atoms with Gasteiger partial charge in [0.25, 0.3) is 5.91 Å². The summed E-state index contributed by atoms with van der Waals surface area (Å²) in [5.74, 6) is -0.000122. The number of benzene rings is 3. The van der Waals surface area contributed by atoms with E-state index in [1.807, 2.05) is 48.1 Å². The van der Waals surface area contributed by atoms with Crippen molar-refractivity contribution < 1.29 is 9.53 Å². The van der Waals surface area contributed by atoms with Crippen molar-refractivity contribution in [2.24, 2.45) is 11.7 Å². The number of hydrogen-bond donors (Lipinski definition) is 2. The normalized spacial score (nSPS) is 20.4. The Bertz CT molecular complexity index is 1710. The number of nitrogens with one attached hydrogen (secondary N) is 1. The summed E-state index contributed by atoms with van der Waals surface area (Å²) < 4.78 is 7.96. The Labute approximate surface area is 220 Å². The number of amides is 1. The molecule has 5 aromatic rings. The minimum Gasteiger partial charge on any atom is -0.384 e. The molecule has 2 saturated heterocycles. The van der Waals surface area contributed by atoms with Gasteiger partial charge in [-0.2, -0.15) is 5.10 Å². The fraction of sp³-hybridized carbons (Fsp3) is 0.258. The maximum atomic E-state index is 12.2. The molecule has 3 N–H and O–H groups in total. The molecule has 1 amide bonds. The van der Waals surface area contributed by atoms with Gasteiger partial charge in [0.15, 0.2) is 0 Å². The zero-order valence-corrected chi connectivity index (χ0v) is 21.2. The molecule has 0 aliphatic carbocycles. The lowest BCUT2D eigenvalue weighted by molar-refractivity contribution is 0.0941. The number of pyridine rings is 1. The largest absolute Gasteiger partial charge is 0.384 e. The number of rotatable bonds is 6. The minimum absolute atomic E-state index is 0.313. The average molecular weight is 504 g/mol.